The lowest BCUT2D eigenvalue weighted by Gasteiger charge is -2.35. The predicted molar refractivity (Wildman–Crippen MR) is 96.2 cm³/mol. The van der Waals surface area contributed by atoms with Gasteiger partial charge in [0.1, 0.15) is 0 Å². The Morgan fingerprint density at radius 2 is 1.92 bits per heavy atom. The van der Waals surface area contributed by atoms with E-state index in [-0.39, 0.29) is 6.04 Å². The van der Waals surface area contributed by atoms with Crippen LogP contribution in [0.4, 0.5) is 0 Å². The molecule has 0 saturated carbocycles. The zero-order chi connectivity index (χ0) is 17.6. The first-order valence-electron chi connectivity index (χ1n) is 8.61. The number of ether oxygens (including phenoxy) is 1. The Kier molecular flexibility index (Phi) is 7.18. The van der Waals surface area contributed by atoms with Gasteiger partial charge in [-0.05, 0) is 12.5 Å². The van der Waals surface area contributed by atoms with Crippen molar-refractivity contribution >= 4 is 10.2 Å². The van der Waals surface area contributed by atoms with Crippen LogP contribution >= 0.6 is 0 Å². The van der Waals surface area contributed by atoms with Gasteiger partial charge >= 0.3 is 0 Å². The number of benzene rings is 1. The van der Waals surface area contributed by atoms with Crippen LogP contribution in [0.2, 0.25) is 0 Å². The Morgan fingerprint density at radius 3 is 2.50 bits per heavy atom. The van der Waals surface area contributed by atoms with Crippen LogP contribution in [0.1, 0.15) is 31.0 Å². The normalized spacial score (nSPS) is 18.0. The molecule has 0 aromatic heterocycles. The van der Waals surface area contributed by atoms with Crippen molar-refractivity contribution in [3.63, 3.8) is 0 Å². The molecule has 1 fully saturated rings. The summed E-state index contributed by atoms with van der Waals surface area (Å²) in [5.74, 6) is 0. The van der Waals surface area contributed by atoms with Crippen molar-refractivity contribution in [1.29, 1.82) is 0 Å². The number of nitrogens with one attached hydrogen (secondary N) is 1. The first-order chi connectivity index (χ1) is 11.5. The molecule has 1 saturated heterocycles. The van der Waals surface area contributed by atoms with Crippen LogP contribution in [0.5, 0.6) is 0 Å². The Labute approximate surface area is 146 Å². The van der Waals surface area contributed by atoms with Crippen molar-refractivity contribution in [2.75, 3.05) is 45.9 Å². The van der Waals surface area contributed by atoms with Gasteiger partial charge in [0.15, 0.2) is 0 Å². The van der Waals surface area contributed by atoms with Crippen LogP contribution in [0.15, 0.2) is 24.3 Å². The second-order valence-corrected chi connectivity index (χ2v) is 7.77. The fourth-order valence-electron chi connectivity index (χ4n) is 3.06. The van der Waals surface area contributed by atoms with Crippen LogP contribution in [0.25, 0.3) is 0 Å². The van der Waals surface area contributed by atoms with E-state index in [4.69, 9.17) is 4.74 Å². The maximum atomic E-state index is 12.4. The van der Waals surface area contributed by atoms with E-state index >= 15 is 0 Å². The lowest BCUT2D eigenvalue weighted by atomic mass is 10.0. The quantitative estimate of drug-likeness (QED) is 0.768. The summed E-state index contributed by atoms with van der Waals surface area (Å²) in [4.78, 5) is 2.29. The lowest BCUT2D eigenvalue weighted by Crippen LogP contribution is -2.47. The summed E-state index contributed by atoms with van der Waals surface area (Å²) >= 11 is 0. The summed E-state index contributed by atoms with van der Waals surface area (Å²) < 4.78 is 34.6. The minimum atomic E-state index is -3.45. The number of nitrogens with zero attached hydrogens (tertiary/aromatic N) is 2. The van der Waals surface area contributed by atoms with E-state index in [0.29, 0.717) is 32.8 Å². The van der Waals surface area contributed by atoms with E-state index in [1.54, 1.807) is 0 Å². The molecule has 1 unspecified atom stereocenters. The lowest BCUT2D eigenvalue weighted by molar-refractivity contribution is 0.0171. The first-order valence-corrected chi connectivity index (χ1v) is 10.0. The second kappa shape index (κ2) is 8.92. The zero-order valence-electron chi connectivity index (χ0n) is 14.9. The third kappa shape index (κ3) is 5.00. The van der Waals surface area contributed by atoms with Crippen molar-refractivity contribution < 1.29 is 13.2 Å². The van der Waals surface area contributed by atoms with E-state index in [0.717, 1.165) is 18.7 Å². The third-order valence-corrected chi connectivity index (χ3v) is 6.15. The number of hydrogen-bond acceptors (Lipinski definition) is 4. The van der Waals surface area contributed by atoms with E-state index in [2.05, 4.69) is 34.7 Å². The fourth-order valence-corrected chi connectivity index (χ4v) is 4.29. The largest absolute Gasteiger partial charge is 0.379 e. The molecule has 24 heavy (non-hydrogen) atoms. The van der Waals surface area contributed by atoms with Gasteiger partial charge in [0, 0.05) is 38.8 Å². The van der Waals surface area contributed by atoms with E-state index in [9.17, 15) is 8.42 Å². The molecule has 0 radical (unpaired) electrons. The minimum Gasteiger partial charge on any atom is -0.379 e. The molecule has 0 bridgehead atoms. The number of hydrogen-bond donors (Lipinski definition) is 1. The molecule has 1 N–H and O–H groups in total. The van der Waals surface area contributed by atoms with Gasteiger partial charge in [-0.15, -0.1) is 0 Å². The van der Waals surface area contributed by atoms with Gasteiger partial charge in [-0.2, -0.15) is 12.7 Å². The molecule has 2 rings (SSSR count). The van der Waals surface area contributed by atoms with Gasteiger partial charge in [-0.25, -0.2) is 4.72 Å². The SMILES string of the molecule is CCN(CC)S(=O)(=O)NCC(c1cccc(C)c1)N1CCOCC1. The molecule has 1 atom stereocenters. The highest BCUT2D eigenvalue weighted by atomic mass is 32.2. The van der Waals surface area contributed by atoms with Crippen LogP contribution in [-0.4, -0.2) is 63.6 Å². The van der Waals surface area contributed by atoms with Crippen LogP contribution in [-0.2, 0) is 14.9 Å². The maximum Gasteiger partial charge on any atom is 0.279 e. The molecule has 7 heteroatoms. The van der Waals surface area contributed by atoms with Crippen molar-refractivity contribution in [1.82, 2.24) is 13.9 Å². The Hall–Kier alpha value is -0.990. The molecule has 136 valence electrons. The van der Waals surface area contributed by atoms with Crippen molar-refractivity contribution in [3.05, 3.63) is 35.4 Å². The fraction of sp³-hybridized carbons (Fsp3) is 0.647. The predicted octanol–water partition coefficient (Wildman–Crippen LogP) is 1.54. The molecule has 1 aromatic carbocycles. The summed E-state index contributed by atoms with van der Waals surface area (Å²) in [6, 6.07) is 8.29. The molecule has 0 spiro atoms. The van der Waals surface area contributed by atoms with E-state index < -0.39 is 10.2 Å². The van der Waals surface area contributed by atoms with Gasteiger partial charge in [0.2, 0.25) is 0 Å². The van der Waals surface area contributed by atoms with E-state index in [1.165, 1.54) is 9.87 Å². The third-order valence-electron chi connectivity index (χ3n) is 4.42. The Morgan fingerprint density at radius 1 is 1.25 bits per heavy atom. The van der Waals surface area contributed by atoms with Crippen molar-refractivity contribution in [2.45, 2.75) is 26.8 Å². The summed E-state index contributed by atoms with van der Waals surface area (Å²) in [5.41, 5.74) is 2.32. The smallest absolute Gasteiger partial charge is 0.279 e. The Balaban J connectivity index is 2.17. The second-order valence-electron chi connectivity index (χ2n) is 6.02. The number of rotatable bonds is 8. The molecule has 0 amide bonds. The van der Waals surface area contributed by atoms with Crippen molar-refractivity contribution in [2.24, 2.45) is 0 Å². The average Bonchev–Trinajstić information content (AvgIpc) is 2.57. The highest BCUT2D eigenvalue weighted by molar-refractivity contribution is 7.87. The standard InChI is InChI=1S/C17H29N3O3S/c1-4-20(5-2)24(21,22)18-14-17(19-9-11-23-12-10-19)16-8-6-7-15(3)13-16/h6-8,13,17-18H,4-5,9-12,14H2,1-3H3. The maximum absolute atomic E-state index is 12.4. The van der Waals surface area contributed by atoms with E-state index in [1.807, 2.05) is 19.9 Å². The summed E-state index contributed by atoms with van der Waals surface area (Å²) in [6.07, 6.45) is 0. The highest BCUT2D eigenvalue weighted by Crippen LogP contribution is 2.22. The number of morpholine rings is 1. The highest BCUT2D eigenvalue weighted by Gasteiger charge is 2.26. The number of aryl methyl sites for hydroxylation is 1. The monoisotopic (exact) mass is 355 g/mol. The van der Waals surface area contributed by atoms with Gasteiger partial charge in [-0.1, -0.05) is 43.7 Å². The average molecular weight is 356 g/mol. The van der Waals surface area contributed by atoms with Crippen LogP contribution < -0.4 is 4.72 Å². The summed E-state index contributed by atoms with van der Waals surface area (Å²) in [6.45, 7) is 10.1. The molecular weight excluding hydrogens is 326 g/mol. The minimum absolute atomic E-state index is 0.0131. The molecule has 0 aliphatic carbocycles. The molecular formula is C17H29N3O3S. The molecule has 6 nitrogen and oxygen atoms in total. The molecule has 1 aromatic rings. The molecule has 1 heterocycles. The first kappa shape index (κ1) is 19.3. The van der Waals surface area contributed by atoms with Crippen LogP contribution in [0.3, 0.4) is 0 Å². The van der Waals surface area contributed by atoms with Gasteiger partial charge in [-0.3, -0.25) is 4.90 Å². The summed E-state index contributed by atoms with van der Waals surface area (Å²) in [5, 5.41) is 0. The van der Waals surface area contributed by atoms with Gasteiger partial charge in [0.05, 0.1) is 13.2 Å². The van der Waals surface area contributed by atoms with Gasteiger partial charge in [0.25, 0.3) is 10.2 Å². The Bertz CT molecular complexity index is 611. The van der Waals surface area contributed by atoms with Gasteiger partial charge < -0.3 is 4.74 Å². The van der Waals surface area contributed by atoms with Crippen molar-refractivity contribution in [3.8, 4) is 0 Å². The topological polar surface area (TPSA) is 61.9 Å². The molecule has 1 aliphatic rings. The zero-order valence-corrected chi connectivity index (χ0v) is 15.7. The van der Waals surface area contributed by atoms with Crippen LogP contribution in [0, 0.1) is 6.92 Å². The molecule has 1 aliphatic heterocycles. The summed E-state index contributed by atoms with van der Waals surface area (Å²) in [7, 11) is -3.45.